The second kappa shape index (κ2) is 14.8. The molecule has 1 saturated heterocycles. The highest BCUT2D eigenvalue weighted by molar-refractivity contribution is 7.89. The van der Waals surface area contributed by atoms with Crippen LogP contribution in [-0.2, 0) is 19.6 Å². The van der Waals surface area contributed by atoms with Crippen LogP contribution in [0.5, 0.6) is 5.75 Å². The number of amides is 1. The summed E-state index contributed by atoms with van der Waals surface area (Å²) in [7, 11) is 3.56. The molecule has 222 valence electrons. The van der Waals surface area contributed by atoms with Gasteiger partial charge in [0.1, 0.15) is 12.4 Å². The maximum absolute atomic E-state index is 13.2. The van der Waals surface area contributed by atoms with Gasteiger partial charge in [-0.15, -0.1) is 0 Å². The molecule has 1 aromatic carbocycles. The van der Waals surface area contributed by atoms with Gasteiger partial charge in [0, 0.05) is 26.7 Å². The lowest BCUT2D eigenvalue weighted by molar-refractivity contribution is -0.137. The van der Waals surface area contributed by atoms with Gasteiger partial charge in [-0.3, -0.25) is 4.79 Å². The number of sulfonamides is 1. The van der Waals surface area contributed by atoms with Gasteiger partial charge in [0.05, 0.1) is 18.6 Å². The van der Waals surface area contributed by atoms with Gasteiger partial charge >= 0.3 is 0 Å². The summed E-state index contributed by atoms with van der Waals surface area (Å²) in [5.74, 6) is 2.23. The van der Waals surface area contributed by atoms with Crippen LogP contribution >= 0.6 is 0 Å². The van der Waals surface area contributed by atoms with Crippen LogP contribution in [0.15, 0.2) is 17.0 Å². The van der Waals surface area contributed by atoms with E-state index in [4.69, 9.17) is 9.47 Å². The lowest BCUT2D eigenvalue weighted by Crippen LogP contribution is -2.42. The number of hydrogen-bond acceptors (Lipinski definition) is 6. The number of carbonyl (C=O) groups is 1. The smallest absolute Gasteiger partial charge is 0.248 e. The molecule has 1 unspecified atom stereocenters. The Kier molecular flexibility index (Phi) is 12.1. The second-order valence-corrected chi connectivity index (χ2v) is 13.7. The number of benzene rings is 1. The lowest BCUT2D eigenvalue weighted by atomic mass is 9.74. The van der Waals surface area contributed by atoms with E-state index < -0.39 is 10.0 Å². The second-order valence-electron chi connectivity index (χ2n) is 11.7. The largest absolute Gasteiger partial charge is 0.497 e. The molecule has 2 fully saturated rings. The third kappa shape index (κ3) is 8.65. The summed E-state index contributed by atoms with van der Waals surface area (Å²) in [4.78, 5) is 17.5. The van der Waals surface area contributed by atoms with Gasteiger partial charge in [-0.1, -0.05) is 12.8 Å². The van der Waals surface area contributed by atoms with E-state index in [0.717, 1.165) is 24.7 Å². The fourth-order valence-corrected chi connectivity index (χ4v) is 8.03. The van der Waals surface area contributed by atoms with Crippen LogP contribution < -0.4 is 4.74 Å². The minimum absolute atomic E-state index is 0.0267. The van der Waals surface area contributed by atoms with Crippen molar-refractivity contribution >= 4 is 15.9 Å². The van der Waals surface area contributed by atoms with E-state index in [0.29, 0.717) is 21.8 Å². The molecule has 9 heteroatoms. The number of rotatable bonds is 10. The number of hydrogen-bond donors (Lipinski definition) is 0. The summed E-state index contributed by atoms with van der Waals surface area (Å²) >= 11 is 0. The molecule has 0 radical (unpaired) electrons. The Bertz CT molecular complexity index is 1020. The van der Waals surface area contributed by atoms with Crippen LogP contribution in [0.2, 0.25) is 0 Å². The van der Waals surface area contributed by atoms with Crippen LogP contribution in [0.3, 0.4) is 0 Å². The molecule has 0 N–H and O–H groups in total. The zero-order chi connectivity index (χ0) is 28.6. The number of nitrogens with zero attached hydrogens (tertiary/aromatic N) is 3. The molecule has 3 rings (SSSR count). The van der Waals surface area contributed by atoms with Gasteiger partial charge in [0.25, 0.3) is 0 Å². The van der Waals surface area contributed by atoms with Crippen molar-refractivity contribution in [2.24, 2.45) is 11.8 Å². The topological polar surface area (TPSA) is 79.4 Å². The van der Waals surface area contributed by atoms with Crippen LogP contribution in [0.25, 0.3) is 0 Å². The molecule has 1 amide bonds. The first-order chi connectivity index (χ1) is 18.5. The highest BCUT2D eigenvalue weighted by Gasteiger charge is 2.31. The summed E-state index contributed by atoms with van der Waals surface area (Å²) in [5.41, 5.74) is 1.28. The van der Waals surface area contributed by atoms with Gasteiger partial charge in [0.15, 0.2) is 0 Å². The Morgan fingerprint density at radius 2 is 1.54 bits per heavy atom. The Balaban J connectivity index is 1.41. The SMILES string of the molecule is COc1cc(C)c(S(=O)(=O)N(C)CCOCC(=O)N(C)C2CCC(C3CCCCN(C)CCC3)CC2)c(C)c1. The number of aryl methyl sites for hydroxylation is 2. The lowest BCUT2D eigenvalue weighted by Gasteiger charge is -2.38. The van der Waals surface area contributed by atoms with Gasteiger partial charge in [-0.25, -0.2) is 8.42 Å². The summed E-state index contributed by atoms with van der Waals surface area (Å²) < 4.78 is 38.5. The highest BCUT2D eigenvalue weighted by Crippen LogP contribution is 2.37. The summed E-state index contributed by atoms with van der Waals surface area (Å²) in [6, 6.07) is 3.72. The van der Waals surface area contributed by atoms with E-state index in [1.165, 1.54) is 62.3 Å². The average Bonchev–Trinajstić information content (AvgIpc) is 3.01. The maximum Gasteiger partial charge on any atom is 0.248 e. The van der Waals surface area contributed by atoms with Crippen LogP contribution in [0.1, 0.15) is 68.9 Å². The minimum Gasteiger partial charge on any atom is -0.497 e. The first-order valence-corrected chi connectivity index (χ1v) is 16.1. The van der Waals surface area contributed by atoms with Crippen LogP contribution in [0, 0.1) is 25.7 Å². The summed E-state index contributed by atoms with van der Waals surface area (Å²) in [6.45, 7) is 6.29. The standard InChI is InChI=1S/C30H51N3O5S/c1-23-20-28(37-6)21-24(2)30(23)39(35,36)32(4)18-19-38-22-29(34)33(5)27-14-12-26(13-15-27)25-10-7-8-16-31(3)17-9-11-25/h20-21,25-27H,7-19,22H2,1-6H3. The molecule has 0 bridgehead atoms. The third-order valence-corrected chi connectivity index (χ3v) is 11.1. The number of carbonyl (C=O) groups excluding carboxylic acids is 1. The van der Waals surface area contributed by atoms with Crippen molar-refractivity contribution in [1.82, 2.24) is 14.1 Å². The molecule has 1 aromatic rings. The molecule has 1 aliphatic carbocycles. The fraction of sp³-hybridized carbons (Fsp3) is 0.767. The monoisotopic (exact) mass is 565 g/mol. The predicted octanol–water partition coefficient (Wildman–Crippen LogP) is 4.48. The molecule has 8 nitrogen and oxygen atoms in total. The Hall–Kier alpha value is -1.68. The molecular formula is C30H51N3O5S. The molecule has 39 heavy (non-hydrogen) atoms. The molecule has 1 heterocycles. The average molecular weight is 566 g/mol. The zero-order valence-corrected chi connectivity index (χ0v) is 25.9. The quantitative estimate of drug-likeness (QED) is 0.390. The molecule has 0 aromatic heterocycles. The molecule has 0 spiro atoms. The van der Waals surface area contributed by atoms with Crippen LogP contribution in [-0.4, -0.2) is 95.6 Å². The van der Waals surface area contributed by atoms with Gasteiger partial charge in [-0.05, 0) is 114 Å². The maximum atomic E-state index is 13.2. The molecular weight excluding hydrogens is 514 g/mol. The number of likely N-dealkylation sites (N-methyl/N-ethyl adjacent to an activating group) is 2. The first-order valence-electron chi connectivity index (χ1n) is 14.7. The van der Waals surface area contributed by atoms with Gasteiger partial charge in [0.2, 0.25) is 15.9 Å². The molecule has 1 aliphatic heterocycles. The van der Waals surface area contributed by atoms with Crippen molar-refractivity contribution in [3.63, 3.8) is 0 Å². The van der Waals surface area contributed by atoms with Gasteiger partial charge < -0.3 is 19.3 Å². The van der Waals surface area contributed by atoms with Crippen molar-refractivity contribution < 1.29 is 22.7 Å². The zero-order valence-electron chi connectivity index (χ0n) is 25.1. The Labute approximate surface area is 237 Å². The van der Waals surface area contributed by atoms with Crippen molar-refractivity contribution in [2.45, 2.75) is 82.6 Å². The van der Waals surface area contributed by atoms with Crippen molar-refractivity contribution in [3.8, 4) is 5.75 Å². The number of ether oxygens (including phenoxy) is 2. The van der Waals surface area contributed by atoms with E-state index in [1.807, 2.05) is 11.9 Å². The van der Waals surface area contributed by atoms with E-state index >= 15 is 0 Å². The highest BCUT2D eigenvalue weighted by atomic mass is 32.2. The van der Waals surface area contributed by atoms with Crippen molar-refractivity contribution in [3.05, 3.63) is 23.3 Å². The molecule has 1 atom stereocenters. The fourth-order valence-electron chi connectivity index (χ4n) is 6.47. The van der Waals surface area contributed by atoms with Gasteiger partial charge in [-0.2, -0.15) is 4.31 Å². The third-order valence-electron chi connectivity index (χ3n) is 8.94. The normalized spacial score (nSPS) is 23.6. The summed E-state index contributed by atoms with van der Waals surface area (Å²) in [6.07, 6.45) is 11.2. The number of methoxy groups -OCH3 is 1. The van der Waals surface area contributed by atoms with E-state index in [-0.39, 0.29) is 31.7 Å². The van der Waals surface area contributed by atoms with Crippen molar-refractivity contribution in [1.29, 1.82) is 0 Å². The van der Waals surface area contributed by atoms with E-state index in [9.17, 15) is 13.2 Å². The molecule has 1 saturated carbocycles. The van der Waals surface area contributed by atoms with Crippen LogP contribution in [0.4, 0.5) is 0 Å². The van der Waals surface area contributed by atoms with E-state index in [2.05, 4.69) is 11.9 Å². The minimum atomic E-state index is -3.68. The van der Waals surface area contributed by atoms with E-state index in [1.54, 1.807) is 40.1 Å². The van der Waals surface area contributed by atoms with Crippen molar-refractivity contribution in [2.75, 3.05) is 61.1 Å². The first kappa shape index (κ1) is 31.8. The predicted molar refractivity (Wildman–Crippen MR) is 156 cm³/mol. The Morgan fingerprint density at radius 3 is 2.18 bits per heavy atom. The Morgan fingerprint density at radius 1 is 0.949 bits per heavy atom. The summed E-state index contributed by atoms with van der Waals surface area (Å²) in [5, 5.41) is 0. The molecule has 2 aliphatic rings.